The van der Waals surface area contributed by atoms with Crippen molar-refractivity contribution in [3.05, 3.63) is 29.3 Å². The lowest BCUT2D eigenvalue weighted by atomic mass is 9.94. The number of benzene rings is 1. The predicted molar refractivity (Wildman–Crippen MR) is 74.9 cm³/mol. The summed E-state index contributed by atoms with van der Waals surface area (Å²) >= 11 is 0. The molecule has 0 aromatic heterocycles. The van der Waals surface area contributed by atoms with Crippen LogP contribution in [0.1, 0.15) is 36.2 Å². The maximum atomic E-state index is 12.4. The first kappa shape index (κ1) is 13.8. The average molecular weight is 263 g/mol. The van der Waals surface area contributed by atoms with Gasteiger partial charge in [-0.25, -0.2) is 0 Å². The molecule has 0 radical (unpaired) electrons. The molecular weight excluding hydrogens is 242 g/mol. The van der Waals surface area contributed by atoms with Crippen LogP contribution in [0.5, 0.6) is 0 Å². The molecule has 0 bridgehead atoms. The number of carbonyl (C=O) groups excluding carboxylic acids is 1. The van der Waals surface area contributed by atoms with Gasteiger partial charge in [0.25, 0.3) is 5.91 Å². The van der Waals surface area contributed by atoms with E-state index in [1.54, 1.807) is 6.07 Å². The normalized spacial score (nSPS) is 26.2. The Bertz CT molecular complexity index is 490. The summed E-state index contributed by atoms with van der Waals surface area (Å²) in [6.07, 6.45) is 0.826. The minimum Gasteiger partial charge on any atom is -0.376 e. The van der Waals surface area contributed by atoms with E-state index in [1.807, 2.05) is 32.9 Å². The molecule has 0 spiro atoms. The second-order valence-corrected chi connectivity index (χ2v) is 5.33. The zero-order valence-corrected chi connectivity index (χ0v) is 11.6. The van der Waals surface area contributed by atoms with Crippen LogP contribution in [0.2, 0.25) is 0 Å². The molecule has 1 aliphatic heterocycles. The SMILES string of the molecule is Cc1ccc(NN)c(C(=O)NC2(C)CCOC2C)c1. The van der Waals surface area contributed by atoms with Crippen molar-refractivity contribution >= 4 is 11.6 Å². The minimum absolute atomic E-state index is 0.00976. The van der Waals surface area contributed by atoms with Gasteiger partial charge in [-0.3, -0.25) is 10.6 Å². The summed E-state index contributed by atoms with van der Waals surface area (Å²) in [4.78, 5) is 12.4. The van der Waals surface area contributed by atoms with Gasteiger partial charge >= 0.3 is 0 Å². The van der Waals surface area contributed by atoms with Crippen LogP contribution in [0.15, 0.2) is 18.2 Å². The van der Waals surface area contributed by atoms with Crippen LogP contribution in [0, 0.1) is 6.92 Å². The van der Waals surface area contributed by atoms with Crippen molar-refractivity contribution in [2.24, 2.45) is 5.84 Å². The van der Waals surface area contributed by atoms with Crippen molar-refractivity contribution < 1.29 is 9.53 Å². The van der Waals surface area contributed by atoms with E-state index in [0.29, 0.717) is 17.9 Å². The fourth-order valence-electron chi connectivity index (χ4n) is 2.30. The molecule has 0 aliphatic carbocycles. The molecule has 1 heterocycles. The third-order valence-corrected chi connectivity index (χ3v) is 3.86. The van der Waals surface area contributed by atoms with Gasteiger partial charge in [-0.2, -0.15) is 0 Å². The number of hydrogen-bond acceptors (Lipinski definition) is 4. The van der Waals surface area contributed by atoms with Gasteiger partial charge in [0.15, 0.2) is 0 Å². The number of amides is 1. The molecule has 0 saturated carbocycles. The van der Waals surface area contributed by atoms with Crippen LogP contribution in [-0.2, 0) is 4.74 Å². The van der Waals surface area contributed by atoms with Crippen LogP contribution in [0.25, 0.3) is 0 Å². The Kier molecular flexibility index (Phi) is 3.78. The summed E-state index contributed by atoms with van der Waals surface area (Å²) in [6, 6.07) is 5.55. The highest BCUT2D eigenvalue weighted by Gasteiger charge is 2.38. The number of ether oxygens (including phenoxy) is 1. The maximum absolute atomic E-state index is 12.4. The van der Waals surface area contributed by atoms with Crippen LogP contribution < -0.4 is 16.6 Å². The second kappa shape index (κ2) is 5.19. The van der Waals surface area contributed by atoms with Crippen molar-refractivity contribution in [3.8, 4) is 0 Å². The van der Waals surface area contributed by atoms with E-state index in [1.165, 1.54) is 0 Å². The Balaban J connectivity index is 2.22. The molecule has 2 atom stereocenters. The molecule has 1 aromatic rings. The summed E-state index contributed by atoms with van der Waals surface area (Å²) < 4.78 is 5.53. The van der Waals surface area contributed by atoms with Crippen LogP contribution in [-0.4, -0.2) is 24.2 Å². The molecule has 5 nitrogen and oxygen atoms in total. The second-order valence-electron chi connectivity index (χ2n) is 5.33. The van der Waals surface area contributed by atoms with Gasteiger partial charge in [0, 0.05) is 6.61 Å². The fourth-order valence-corrected chi connectivity index (χ4v) is 2.30. The molecule has 1 fully saturated rings. The van der Waals surface area contributed by atoms with E-state index in [0.717, 1.165) is 12.0 Å². The Labute approximate surface area is 113 Å². The zero-order valence-electron chi connectivity index (χ0n) is 11.6. The van der Waals surface area contributed by atoms with E-state index >= 15 is 0 Å². The van der Waals surface area contributed by atoms with E-state index in [2.05, 4.69) is 10.7 Å². The van der Waals surface area contributed by atoms with Crippen LogP contribution >= 0.6 is 0 Å². The highest BCUT2D eigenvalue weighted by Crippen LogP contribution is 2.26. The summed E-state index contributed by atoms with van der Waals surface area (Å²) in [7, 11) is 0. The number of carbonyl (C=O) groups is 1. The number of nitrogens with one attached hydrogen (secondary N) is 2. The van der Waals surface area contributed by atoms with Gasteiger partial charge in [0.1, 0.15) is 0 Å². The molecule has 5 heteroatoms. The van der Waals surface area contributed by atoms with Gasteiger partial charge in [-0.15, -0.1) is 0 Å². The summed E-state index contributed by atoms with van der Waals surface area (Å²) in [6.45, 7) is 6.60. The van der Waals surface area contributed by atoms with Crippen molar-refractivity contribution in [3.63, 3.8) is 0 Å². The molecule has 2 rings (SSSR count). The van der Waals surface area contributed by atoms with Crippen LogP contribution in [0.4, 0.5) is 5.69 Å². The number of aryl methyl sites for hydroxylation is 1. The van der Waals surface area contributed by atoms with Gasteiger partial charge in [0.05, 0.1) is 22.9 Å². The van der Waals surface area contributed by atoms with E-state index < -0.39 is 0 Å². The van der Waals surface area contributed by atoms with Crippen molar-refractivity contribution in [1.82, 2.24) is 5.32 Å². The smallest absolute Gasteiger partial charge is 0.253 e. The van der Waals surface area contributed by atoms with Gasteiger partial charge in [-0.05, 0) is 39.3 Å². The number of anilines is 1. The van der Waals surface area contributed by atoms with Gasteiger partial charge in [0.2, 0.25) is 0 Å². The van der Waals surface area contributed by atoms with Crippen molar-refractivity contribution in [1.29, 1.82) is 0 Å². The van der Waals surface area contributed by atoms with E-state index in [-0.39, 0.29) is 17.6 Å². The lowest BCUT2D eigenvalue weighted by Gasteiger charge is -2.29. The quantitative estimate of drug-likeness (QED) is 0.571. The summed E-state index contributed by atoms with van der Waals surface area (Å²) in [5, 5.41) is 3.06. The Morgan fingerprint density at radius 2 is 2.26 bits per heavy atom. The molecule has 104 valence electrons. The molecular formula is C14H21N3O2. The van der Waals surface area contributed by atoms with Crippen molar-refractivity contribution in [2.75, 3.05) is 12.0 Å². The first-order chi connectivity index (χ1) is 8.96. The first-order valence-corrected chi connectivity index (χ1v) is 6.47. The van der Waals surface area contributed by atoms with Crippen LogP contribution in [0.3, 0.4) is 0 Å². The van der Waals surface area contributed by atoms with Crippen molar-refractivity contribution in [2.45, 2.75) is 38.8 Å². The zero-order chi connectivity index (χ0) is 14.0. The Morgan fingerprint density at radius 1 is 1.53 bits per heavy atom. The molecule has 1 saturated heterocycles. The third kappa shape index (κ3) is 2.72. The lowest BCUT2D eigenvalue weighted by Crippen LogP contribution is -2.50. The molecule has 19 heavy (non-hydrogen) atoms. The number of rotatable bonds is 3. The van der Waals surface area contributed by atoms with E-state index in [9.17, 15) is 4.79 Å². The number of nitrogen functional groups attached to an aromatic ring is 1. The molecule has 1 amide bonds. The molecule has 1 aromatic carbocycles. The highest BCUT2D eigenvalue weighted by atomic mass is 16.5. The maximum Gasteiger partial charge on any atom is 0.253 e. The number of hydrogen-bond donors (Lipinski definition) is 3. The average Bonchev–Trinajstić information content (AvgIpc) is 2.69. The Morgan fingerprint density at radius 3 is 2.84 bits per heavy atom. The topological polar surface area (TPSA) is 76.4 Å². The standard InChI is InChI=1S/C14H21N3O2/c1-9-4-5-12(17-15)11(8-9)13(18)16-14(3)6-7-19-10(14)2/h4-5,8,10,17H,6-7,15H2,1-3H3,(H,16,18). The minimum atomic E-state index is -0.327. The van der Waals surface area contributed by atoms with Gasteiger partial charge in [-0.1, -0.05) is 11.6 Å². The molecule has 1 aliphatic rings. The van der Waals surface area contributed by atoms with Gasteiger partial charge < -0.3 is 15.5 Å². The highest BCUT2D eigenvalue weighted by molar-refractivity contribution is 6.00. The monoisotopic (exact) mass is 263 g/mol. The summed E-state index contributed by atoms with van der Waals surface area (Å²) in [5.74, 6) is 5.32. The van der Waals surface area contributed by atoms with E-state index in [4.69, 9.17) is 10.6 Å². The fraction of sp³-hybridized carbons (Fsp3) is 0.500. The summed E-state index contributed by atoms with van der Waals surface area (Å²) in [5.41, 5.74) is 4.43. The third-order valence-electron chi connectivity index (χ3n) is 3.86. The first-order valence-electron chi connectivity index (χ1n) is 6.47. The predicted octanol–water partition coefficient (Wildman–Crippen LogP) is 1.58. The Hall–Kier alpha value is -1.59. The largest absolute Gasteiger partial charge is 0.376 e. The number of hydrazine groups is 1. The molecule has 2 unspecified atom stereocenters. The molecule has 4 N–H and O–H groups in total. The number of nitrogens with two attached hydrogens (primary N) is 1. The lowest BCUT2D eigenvalue weighted by molar-refractivity contribution is 0.0728.